The molecule has 0 atom stereocenters. The summed E-state index contributed by atoms with van der Waals surface area (Å²) in [5.74, 6) is 0. The Bertz CT molecular complexity index is 153. The van der Waals surface area contributed by atoms with E-state index in [0.29, 0.717) is 6.04 Å². The standard InChI is InChI=1S/C11H22N2O/c12-11-5-8-13(9-6-11)7-3-1-2-4-10-14/h10-11H,1-9,12H2. The molecule has 0 spiro atoms. The minimum Gasteiger partial charge on any atom is -0.328 e. The molecule has 0 amide bonds. The van der Waals surface area contributed by atoms with E-state index in [-0.39, 0.29) is 0 Å². The van der Waals surface area contributed by atoms with Crippen molar-refractivity contribution < 1.29 is 4.79 Å². The molecule has 1 aliphatic heterocycles. The first-order valence-corrected chi connectivity index (χ1v) is 5.74. The van der Waals surface area contributed by atoms with Crippen molar-refractivity contribution in [3.05, 3.63) is 0 Å². The highest BCUT2D eigenvalue weighted by molar-refractivity contribution is 5.48. The van der Waals surface area contributed by atoms with Crippen LogP contribution in [-0.2, 0) is 4.79 Å². The van der Waals surface area contributed by atoms with Gasteiger partial charge < -0.3 is 15.4 Å². The molecular formula is C11H22N2O. The third-order valence-electron chi connectivity index (χ3n) is 2.93. The van der Waals surface area contributed by atoms with Gasteiger partial charge in [-0.2, -0.15) is 0 Å². The predicted molar refractivity (Wildman–Crippen MR) is 58.2 cm³/mol. The van der Waals surface area contributed by atoms with Crippen molar-refractivity contribution in [2.45, 2.75) is 44.6 Å². The SMILES string of the molecule is NC1CCN(CCCCCC=O)CC1. The van der Waals surface area contributed by atoms with Gasteiger partial charge in [-0.05, 0) is 45.3 Å². The summed E-state index contributed by atoms with van der Waals surface area (Å²) in [6.45, 7) is 3.51. The quantitative estimate of drug-likeness (QED) is 0.515. The molecule has 1 aliphatic rings. The lowest BCUT2D eigenvalue weighted by Crippen LogP contribution is -2.39. The second kappa shape index (κ2) is 6.96. The molecule has 0 aromatic heterocycles. The largest absolute Gasteiger partial charge is 0.328 e. The summed E-state index contributed by atoms with van der Waals surface area (Å²) in [5.41, 5.74) is 5.83. The van der Waals surface area contributed by atoms with Crippen molar-refractivity contribution in [1.29, 1.82) is 0 Å². The fourth-order valence-corrected chi connectivity index (χ4v) is 1.92. The van der Waals surface area contributed by atoms with Crippen molar-refractivity contribution in [2.75, 3.05) is 19.6 Å². The molecule has 14 heavy (non-hydrogen) atoms. The number of nitrogens with zero attached hydrogens (tertiary/aromatic N) is 1. The number of aldehydes is 1. The van der Waals surface area contributed by atoms with Gasteiger partial charge in [0.15, 0.2) is 0 Å². The number of nitrogens with two attached hydrogens (primary N) is 1. The van der Waals surface area contributed by atoms with Crippen LogP contribution in [-0.4, -0.2) is 36.9 Å². The maximum Gasteiger partial charge on any atom is 0.119 e. The lowest BCUT2D eigenvalue weighted by molar-refractivity contribution is -0.107. The van der Waals surface area contributed by atoms with E-state index in [2.05, 4.69) is 4.90 Å². The number of hydrogen-bond acceptors (Lipinski definition) is 3. The van der Waals surface area contributed by atoms with Gasteiger partial charge >= 0.3 is 0 Å². The fraction of sp³-hybridized carbons (Fsp3) is 0.909. The number of carbonyl (C=O) groups excluding carboxylic acids is 1. The molecule has 3 nitrogen and oxygen atoms in total. The zero-order chi connectivity index (χ0) is 10.2. The molecule has 1 heterocycles. The van der Waals surface area contributed by atoms with E-state index in [0.717, 1.165) is 45.1 Å². The molecule has 0 bridgehead atoms. The number of hydrogen-bond donors (Lipinski definition) is 1. The minimum atomic E-state index is 0.432. The molecule has 2 N–H and O–H groups in total. The Morgan fingerprint density at radius 3 is 2.57 bits per heavy atom. The van der Waals surface area contributed by atoms with Gasteiger partial charge in [-0.25, -0.2) is 0 Å². The monoisotopic (exact) mass is 198 g/mol. The summed E-state index contributed by atoms with van der Waals surface area (Å²) >= 11 is 0. The van der Waals surface area contributed by atoms with Crippen LogP contribution in [0.3, 0.4) is 0 Å². The van der Waals surface area contributed by atoms with Gasteiger partial charge in [0.05, 0.1) is 0 Å². The smallest absolute Gasteiger partial charge is 0.119 e. The Balaban J connectivity index is 1.93. The lowest BCUT2D eigenvalue weighted by Gasteiger charge is -2.29. The van der Waals surface area contributed by atoms with Gasteiger partial charge in [0.2, 0.25) is 0 Å². The molecule has 0 aliphatic carbocycles. The highest BCUT2D eigenvalue weighted by Crippen LogP contribution is 2.09. The molecule has 1 saturated heterocycles. The van der Waals surface area contributed by atoms with Crippen molar-refractivity contribution in [1.82, 2.24) is 4.90 Å². The second-order valence-electron chi connectivity index (χ2n) is 4.20. The predicted octanol–water partition coefficient (Wildman–Crippen LogP) is 1.17. The lowest BCUT2D eigenvalue weighted by atomic mass is 10.1. The number of unbranched alkanes of at least 4 members (excludes halogenated alkanes) is 3. The van der Waals surface area contributed by atoms with E-state index < -0.39 is 0 Å². The van der Waals surface area contributed by atoms with Crippen molar-refractivity contribution in [3.63, 3.8) is 0 Å². The summed E-state index contributed by atoms with van der Waals surface area (Å²) in [6.07, 6.45) is 7.49. The number of likely N-dealkylation sites (tertiary alicyclic amines) is 1. The molecule has 0 radical (unpaired) electrons. The molecule has 0 aromatic rings. The van der Waals surface area contributed by atoms with Crippen LogP contribution in [0.5, 0.6) is 0 Å². The number of rotatable bonds is 6. The van der Waals surface area contributed by atoms with Gasteiger partial charge in [-0.15, -0.1) is 0 Å². The Morgan fingerprint density at radius 1 is 1.21 bits per heavy atom. The van der Waals surface area contributed by atoms with Crippen LogP contribution in [0.25, 0.3) is 0 Å². The summed E-state index contributed by atoms with van der Waals surface area (Å²) in [7, 11) is 0. The van der Waals surface area contributed by atoms with Crippen LogP contribution in [0, 0.1) is 0 Å². The third-order valence-corrected chi connectivity index (χ3v) is 2.93. The van der Waals surface area contributed by atoms with E-state index in [1.165, 1.54) is 19.4 Å². The summed E-state index contributed by atoms with van der Waals surface area (Å²) in [4.78, 5) is 12.6. The van der Waals surface area contributed by atoms with Crippen LogP contribution in [0.2, 0.25) is 0 Å². The third kappa shape index (κ3) is 4.72. The first-order chi connectivity index (χ1) is 6.83. The van der Waals surface area contributed by atoms with Gasteiger partial charge in [-0.1, -0.05) is 6.42 Å². The molecule has 0 unspecified atom stereocenters. The summed E-state index contributed by atoms with van der Waals surface area (Å²) in [6, 6.07) is 0.432. The van der Waals surface area contributed by atoms with Crippen molar-refractivity contribution >= 4 is 6.29 Å². The fourth-order valence-electron chi connectivity index (χ4n) is 1.92. The molecule has 1 fully saturated rings. The maximum atomic E-state index is 10.1. The zero-order valence-electron chi connectivity index (χ0n) is 8.95. The Hall–Kier alpha value is -0.410. The topological polar surface area (TPSA) is 46.3 Å². The van der Waals surface area contributed by atoms with E-state index in [1.807, 2.05) is 0 Å². The van der Waals surface area contributed by atoms with Crippen LogP contribution in [0.1, 0.15) is 38.5 Å². The molecular weight excluding hydrogens is 176 g/mol. The average Bonchev–Trinajstić information content (AvgIpc) is 2.21. The molecule has 3 heteroatoms. The molecule has 82 valence electrons. The van der Waals surface area contributed by atoms with Crippen molar-refractivity contribution in [2.24, 2.45) is 5.73 Å². The van der Waals surface area contributed by atoms with Gasteiger partial charge in [0.1, 0.15) is 6.29 Å². The maximum absolute atomic E-state index is 10.1. The van der Waals surface area contributed by atoms with E-state index in [9.17, 15) is 4.79 Å². The Labute approximate surface area is 86.6 Å². The summed E-state index contributed by atoms with van der Waals surface area (Å²) in [5, 5.41) is 0. The van der Waals surface area contributed by atoms with Gasteiger partial charge in [-0.3, -0.25) is 0 Å². The second-order valence-corrected chi connectivity index (χ2v) is 4.20. The van der Waals surface area contributed by atoms with Gasteiger partial charge in [0, 0.05) is 12.5 Å². The van der Waals surface area contributed by atoms with E-state index >= 15 is 0 Å². The van der Waals surface area contributed by atoms with Crippen molar-refractivity contribution in [3.8, 4) is 0 Å². The Morgan fingerprint density at radius 2 is 1.93 bits per heavy atom. The number of carbonyl (C=O) groups is 1. The Kier molecular flexibility index (Phi) is 5.80. The zero-order valence-corrected chi connectivity index (χ0v) is 8.95. The normalized spacial score (nSPS) is 19.8. The average molecular weight is 198 g/mol. The first kappa shape index (κ1) is 11.7. The molecule has 1 rings (SSSR count). The molecule has 0 saturated carbocycles. The van der Waals surface area contributed by atoms with E-state index in [1.54, 1.807) is 0 Å². The minimum absolute atomic E-state index is 0.432. The van der Waals surface area contributed by atoms with E-state index in [4.69, 9.17) is 5.73 Å². The summed E-state index contributed by atoms with van der Waals surface area (Å²) < 4.78 is 0. The highest BCUT2D eigenvalue weighted by atomic mass is 16.1. The molecule has 0 aromatic carbocycles. The van der Waals surface area contributed by atoms with Crippen LogP contribution < -0.4 is 5.73 Å². The van der Waals surface area contributed by atoms with Crippen LogP contribution in [0.4, 0.5) is 0 Å². The van der Waals surface area contributed by atoms with Crippen LogP contribution in [0.15, 0.2) is 0 Å². The highest BCUT2D eigenvalue weighted by Gasteiger charge is 2.14. The van der Waals surface area contributed by atoms with Gasteiger partial charge in [0.25, 0.3) is 0 Å². The first-order valence-electron chi connectivity index (χ1n) is 5.74. The number of piperidine rings is 1. The van der Waals surface area contributed by atoms with Crippen LogP contribution >= 0.6 is 0 Å².